The van der Waals surface area contributed by atoms with Crippen molar-refractivity contribution in [3.05, 3.63) is 23.5 Å². The van der Waals surface area contributed by atoms with Gasteiger partial charge in [0.2, 0.25) is 15.9 Å². The summed E-state index contributed by atoms with van der Waals surface area (Å²) in [6.45, 7) is 0.574. The van der Waals surface area contributed by atoms with Crippen LogP contribution in [0.15, 0.2) is 23.4 Å². The monoisotopic (exact) mass is 289 g/mol. The maximum Gasteiger partial charge on any atom is 0.244 e. The van der Waals surface area contributed by atoms with Crippen molar-refractivity contribution in [3.8, 4) is 0 Å². The summed E-state index contributed by atoms with van der Waals surface area (Å²) < 4.78 is 26.4. The molecule has 18 heavy (non-hydrogen) atoms. The standard InChI is InChI=1S/C10H12ClN3O3S/c11-7-3-5-12-6-9(7)18(16,17)14-8-2-1-4-13-10(8)15/h3,5-6,8,14H,1-2,4H2,(H,13,15). The van der Waals surface area contributed by atoms with E-state index in [0.29, 0.717) is 13.0 Å². The molecule has 0 saturated carbocycles. The lowest BCUT2D eigenvalue weighted by Crippen LogP contribution is -2.50. The van der Waals surface area contributed by atoms with Gasteiger partial charge < -0.3 is 5.32 Å². The van der Waals surface area contributed by atoms with Gasteiger partial charge >= 0.3 is 0 Å². The molecule has 0 aliphatic carbocycles. The SMILES string of the molecule is O=C1NCCCC1NS(=O)(=O)c1cnccc1Cl. The maximum atomic E-state index is 12.1. The van der Waals surface area contributed by atoms with Gasteiger partial charge in [-0.1, -0.05) is 11.6 Å². The quantitative estimate of drug-likeness (QED) is 0.837. The molecule has 1 amide bonds. The van der Waals surface area contributed by atoms with Crippen LogP contribution in [0.5, 0.6) is 0 Å². The van der Waals surface area contributed by atoms with Crippen molar-refractivity contribution in [2.75, 3.05) is 6.54 Å². The number of amides is 1. The van der Waals surface area contributed by atoms with Crippen molar-refractivity contribution in [1.82, 2.24) is 15.0 Å². The third kappa shape index (κ3) is 2.80. The van der Waals surface area contributed by atoms with Gasteiger partial charge in [-0.25, -0.2) is 8.42 Å². The van der Waals surface area contributed by atoms with Crippen LogP contribution in [0, 0.1) is 0 Å². The lowest BCUT2D eigenvalue weighted by molar-refractivity contribution is -0.124. The van der Waals surface area contributed by atoms with Gasteiger partial charge in [0.05, 0.1) is 5.02 Å². The molecule has 6 nitrogen and oxygen atoms in total. The maximum absolute atomic E-state index is 12.1. The van der Waals surface area contributed by atoms with E-state index in [2.05, 4.69) is 15.0 Å². The largest absolute Gasteiger partial charge is 0.355 e. The van der Waals surface area contributed by atoms with Crippen LogP contribution in [0.2, 0.25) is 5.02 Å². The Labute approximate surface area is 110 Å². The fourth-order valence-electron chi connectivity index (χ4n) is 1.70. The Bertz CT molecular complexity index is 561. The zero-order valence-electron chi connectivity index (χ0n) is 9.39. The van der Waals surface area contributed by atoms with Gasteiger partial charge in [0.25, 0.3) is 0 Å². The van der Waals surface area contributed by atoms with Crippen molar-refractivity contribution in [2.45, 2.75) is 23.8 Å². The molecule has 0 spiro atoms. The fourth-order valence-corrected chi connectivity index (χ4v) is 3.36. The molecule has 0 radical (unpaired) electrons. The number of carbonyl (C=O) groups excluding carboxylic acids is 1. The summed E-state index contributed by atoms with van der Waals surface area (Å²) in [5.41, 5.74) is 0. The van der Waals surface area contributed by atoms with E-state index in [9.17, 15) is 13.2 Å². The summed E-state index contributed by atoms with van der Waals surface area (Å²) in [6.07, 6.45) is 3.77. The van der Waals surface area contributed by atoms with Crippen molar-refractivity contribution in [1.29, 1.82) is 0 Å². The summed E-state index contributed by atoms with van der Waals surface area (Å²) >= 11 is 5.80. The van der Waals surface area contributed by atoms with Crippen molar-refractivity contribution >= 4 is 27.5 Å². The minimum Gasteiger partial charge on any atom is -0.355 e. The number of piperidine rings is 1. The summed E-state index contributed by atoms with van der Waals surface area (Å²) in [6, 6.07) is 0.636. The molecule has 2 rings (SSSR count). The van der Waals surface area contributed by atoms with Gasteiger partial charge in [0, 0.05) is 18.9 Å². The van der Waals surface area contributed by atoms with Gasteiger partial charge in [-0.05, 0) is 18.9 Å². The minimum absolute atomic E-state index is 0.0775. The molecule has 98 valence electrons. The number of sulfonamides is 1. The average molecular weight is 290 g/mol. The van der Waals surface area contributed by atoms with Crippen molar-refractivity contribution in [3.63, 3.8) is 0 Å². The predicted octanol–water partition coefficient (Wildman–Crippen LogP) is 0.292. The van der Waals surface area contributed by atoms with Crippen LogP contribution >= 0.6 is 11.6 Å². The number of nitrogens with one attached hydrogen (secondary N) is 2. The highest BCUT2D eigenvalue weighted by Gasteiger charge is 2.28. The van der Waals surface area contributed by atoms with Crippen molar-refractivity contribution < 1.29 is 13.2 Å². The molecule has 1 fully saturated rings. The lowest BCUT2D eigenvalue weighted by Gasteiger charge is -2.22. The molecule has 1 aliphatic heterocycles. The number of carbonyl (C=O) groups is 1. The van der Waals surface area contributed by atoms with E-state index >= 15 is 0 Å². The van der Waals surface area contributed by atoms with Crippen LogP contribution in [0.25, 0.3) is 0 Å². The van der Waals surface area contributed by atoms with Crippen LogP contribution in [0.4, 0.5) is 0 Å². The van der Waals surface area contributed by atoms with Gasteiger partial charge in [0.15, 0.2) is 0 Å². The molecule has 8 heteroatoms. The zero-order valence-corrected chi connectivity index (χ0v) is 11.0. The molecule has 1 aliphatic rings. The molecule has 1 unspecified atom stereocenters. The number of hydrogen-bond acceptors (Lipinski definition) is 4. The van der Waals surface area contributed by atoms with Crippen LogP contribution in [-0.4, -0.2) is 31.9 Å². The summed E-state index contributed by atoms with van der Waals surface area (Å²) in [5.74, 6) is -0.315. The summed E-state index contributed by atoms with van der Waals surface area (Å²) in [7, 11) is -3.83. The summed E-state index contributed by atoms with van der Waals surface area (Å²) in [4.78, 5) is 15.1. The number of halogens is 1. The Morgan fingerprint density at radius 3 is 2.94 bits per heavy atom. The highest BCUT2D eigenvalue weighted by atomic mass is 35.5. The highest BCUT2D eigenvalue weighted by molar-refractivity contribution is 7.89. The Kier molecular flexibility index (Phi) is 3.84. The van der Waals surface area contributed by atoms with E-state index in [1.807, 2.05) is 0 Å². The second-order valence-electron chi connectivity index (χ2n) is 3.91. The van der Waals surface area contributed by atoms with Gasteiger partial charge in [-0.15, -0.1) is 0 Å². The first-order chi connectivity index (χ1) is 8.50. The first-order valence-electron chi connectivity index (χ1n) is 5.40. The number of aromatic nitrogens is 1. The highest BCUT2D eigenvalue weighted by Crippen LogP contribution is 2.20. The Morgan fingerprint density at radius 2 is 2.28 bits per heavy atom. The van der Waals surface area contributed by atoms with Gasteiger partial charge in [0.1, 0.15) is 10.9 Å². The Balaban J connectivity index is 2.22. The molecular weight excluding hydrogens is 278 g/mol. The predicted molar refractivity (Wildman–Crippen MR) is 65.6 cm³/mol. The third-order valence-electron chi connectivity index (χ3n) is 2.61. The molecule has 2 N–H and O–H groups in total. The van der Waals surface area contributed by atoms with Crippen LogP contribution in [0.1, 0.15) is 12.8 Å². The number of hydrogen-bond donors (Lipinski definition) is 2. The van der Waals surface area contributed by atoms with Gasteiger partial charge in [-0.3, -0.25) is 9.78 Å². The number of nitrogens with zero attached hydrogens (tertiary/aromatic N) is 1. The Hall–Kier alpha value is -1.18. The van der Waals surface area contributed by atoms with E-state index in [-0.39, 0.29) is 15.8 Å². The zero-order chi connectivity index (χ0) is 13.2. The average Bonchev–Trinajstić information content (AvgIpc) is 2.32. The van der Waals surface area contributed by atoms with E-state index in [1.54, 1.807) is 0 Å². The second kappa shape index (κ2) is 5.21. The van der Waals surface area contributed by atoms with E-state index in [0.717, 1.165) is 12.6 Å². The molecule has 1 aromatic rings. The van der Waals surface area contributed by atoms with Crippen LogP contribution < -0.4 is 10.0 Å². The topological polar surface area (TPSA) is 88.2 Å². The normalized spacial score (nSPS) is 20.5. The molecule has 2 heterocycles. The molecule has 1 aromatic heterocycles. The first kappa shape index (κ1) is 13.3. The molecule has 1 atom stereocenters. The summed E-state index contributed by atoms with van der Waals surface area (Å²) in [5, 5.41) is 2.68. The van der Waals surface area contributed by atoms with Crippen LogP contribution in [-0.2, 0) is 14.8 Å². The fraction of sp³-hybridized carbons (Fsp3) is 0.400. The smallest absolute Gasteiger partial charge is 0.244 e. The number of rotatable bonds is 3. The van der Waals surface area contributed by atoms with E-state index in [4.69, 9.17) is 11.6 Å². The van der Waals surface area contributed by atoms with Gasteiger partial charge in [-0.2, -0.15) is 4.72 Å². The van der Waals surface area contributed by atoms with E-state index < -0.39 is 16.1 Å². The molecular formula is C10H12ClN3O3S. The first-order valence-corrected chi connectivity index (χ1v) is 7.26. The third-order valence-corrected chi connectivity index (χ3v) is 4.55. The second-order valence-corrected chi connectivity index (χ2v) is 6.00. The minimum atomic E-state index is -3.83. The van der Waals surface area contributed by atoms with Crippen molar-refractivity contribution in [2.24, 2.45) is 0 Å². The molecule has 0 bridgehead atoms. The Morgan fingerprint density at radius 1 is 1.50 bits per heavy atom. The molecule has 1 saturated heterocycles. The van der Waals surface area contributed by atoms with E-state index in [1.165, 1.54) is 12.3 Å². The number of pyridine rings is 1. The molecule has 0 aromatic carbocycles. The lowest BCUT2D eigenvalue weighted by atomic mass is 10.1. The van der Waals surface area contributed by atoms with Crippen LogP contribution in [0.3, 0.4) is 0 Å².